The Labute approximate surface area is 91.2 Å². The highest BCUT2D eigenvalue weighted by atomic mass is 19.3. The van der Waals surface area contributed by atoms with Gasteiger partial charge in [0, 0.05) is 11.8 Å². The summed E-state index contributed by atoms with van der Waals surface area (Å²) >= 11 is 0. The first-order valence-corrected chi connectivity index (χ1v) is 4.53. The van der Waals surface area contributed by atoms with Crippen LogP contribution >= 0.6 is 0 Å². The van der Waals surface area contributed by atoms with Crippen LogP contribution < -0.4 is 0 Å². The van der Waals surface area contributed by atoms with Gasteiger partial charge in [-0.05, 0) is 13.0 Å². The smallest absolute Gasteiger partial charge is 0.357 e. The molecule has 0 saturated heterocycles. The van der Waals surface area contributed by atoms with Gasteiger partial charge in [-0.1, -0.05) is 6.07 Å². The second-order valence-corrected chi connectivity index (χ2v) is 2.97. The highest BCUT2D eigenvalue weighted by Crippen LogP contribution is 2.22. The number of alkyl halides is 2. The molecule has 0 saturated carbocycles. The quantitative estimate of drug-likeness (QED) is 0.745. The number of carbonyl (C=O) groups excluding carboxylic acids is 1. The Morgan fingerprint density at radius 3 is 2.75 bits per heavy atom. The number of carbonyl (C=O) groups is 1. The van der Waals surface area contributed by atoms with E-state index in [4.69, 9.17) is 0 Å². The standard InChI is InChI=1S/C10H11F2NO3/c1-6(16-10(11)12)7-4-3-5-13-8(7)9(14)15-2/h3-6,10H,1-2H3. The number of aromatic nitrogens is 1. The van der Waals surface area contributed by atoms with Crippen molar-refractivity contribution in [1.29, 1.82) is 0 Å². The molecule has 1 unspecified atom stereocenters. The van der Waals surface area contributed by atoms with Gasteiger partial charge < -0.3 is 9.47 Å². The summed E-state index contributed by atoms with van der Waals surface area (Å²) in [5.74, 6) is -0.680. The van der Waals surface area contributed by atoms with E-state index in [9.17, 15) is 13.6 Å². The van der Waals surface area contributed by atoms with Crippen molar-refractivity contribution in [3.63, 3.8) is 0 Å². The molecular formula is C10H11F2NO3. The van der Waals surface area contributed by atoms with E-state index in [-0.39, 0.29) is 11.3 Å². The molecule has 0 aliphatic carbocycles. The minimum atomic E-state index is -2.90. The molecule has 1 aromatic rings. The molecule has 0 spiro atoms. The molecule has 1 heterocycles. The summed E-state index contributed by atoms with van der Waals surface area (Å²) in [6.07, 6.45) is 0.452. The van der Waals surface area contributed by atoms with E-state index in [1.54, 1.807) is 0 Å². The van der Waals surface area contributed by atoms with Gasteiger partial charge in [0.2, 0.25) is 0 Å². The molecule has 0 amide bonds. The number of esters is 1. The zero-order valence-corrected chi connectivity index (χ0v) is 8.81. The SMILES string of the molecule is COC(=O)c1ncccc1C(C)OC(F)F. The van der Waals surface area contributed by atoms with Crippen molar-refractivity contribution in [2.75, 3.05) is 7.11 Å². The van der Waals surface area contributed by atoms with E-state index in [2.05, 4.69) is 14.5 Å². The topological polar surface area (TPSA) is 48.4 Å². The summed E-state index contributed by atoms with van der Waals surface area (Å²) in [6, 6.07) is 3.03. The summed E-state index contributed by atoms with van der Waals surface area (Å²) in [4.78, 5) is 15.1. The third kappa shape index (κ3) is 2.96. The van der Waals surface area contributed by atoms with E-state index >= 15 is 0 Å². The average molecular weight is 231 g/mol. The predicted molar refractivity (Wildman–Crippen MR) is 51.1 cm³/mol. The molecule has 6 heteroatoms. The zero-order valence-electron chi connectivity index (χ0n) is 8.81. The maximum atomic E-state index is 12.0. The van der Waals surface area contributed by atoms with Gasteiger partial charge in [0.15, 0.2) is 5.69 Å². The fraction of sp³-hybridized carbons (Fsp3) is 0.400. The molecule has 16 heavy (non-hydrogen) atoms. The number of rotatable bonds is 4. The average Bonchev–Trinajstić information content (AvgIpc) is 2.27. The Hall–Kier alpha value is -1.56. The summed E-state index contributed by atoms with van der Waals surface area (Å²) in [5, 5.41) is 0. The Morgan fingerprint density at radius 1 is 1.50 bits per heavy atom. The lowest BCUT2D eigenvalue weighted by Gasteiger charge is -2.14. The maximum absolute atomic E-state index is 12.0. The van der Waals surface area contributed by atoms with Crippen LogP contribution in [0.5, 0.6) is 0 Å². The van der Waals surface area contributed by atoms with E-state index in [1.165, 1.54) is 32.4 Å². The Kier molecular flexibility index (Phi) is 4.30. The molecule has 0 bridgehead atoms. The van der Waals surface area contributed by atoms with Crippen LogP contribution in [-0.4, -0.2) is 24.7 Å². The van der Waals surface area contributed by atoms with E-state index in [0.29, 0.717) is 0 Å². The summed E-state index contributed by atoms with van der Waals surface area (Å²) in [6.45, 7) is -1.49. The van der Waals surface area contributed by atoms with E-state index in [0.717, 1.165) is 0 Å². The summed E-state index contributed by atoms with van der Waals surface area (Å²) in [5.41, 5.74) is 0.257. The first-order valence-electron chi connectivity index (χ1n) is 4.53. The van der Waals surface area contributed by atoms with Crippen LogP contribution in [0.4, 0.5) is 8.78 Å². The highest BCUT2D eigenvalue weighted by molar-refractivity contribution is 5.88. The largest absolute Gasteiger partial charge is 0.464 e. The van der Waals surface area contributed by atoms with Crippen LogP contribution in [-0.2, 0) is 9.47 Å². The van der Waals surface area contributed by atoms with Crippen LogP contribution in [0.1, 0.15) is 29.1 Å². The molecule has 1 rings (SSSR count). The van der Waals surface area contributed by atoms with E-state index in [1.807, 2.05) is 0 Å². The first-order chi connectivity index (χ1) is 7.56. The molecule has 0 aliphatic heterocycles. The molecule has 0 fully saturated rings. The van der Waals surface area contributed by atoms with Crippen LogP contribution in [0.25, 0.3) is 0 Å². The Balaban J connectivity index is 2.98. The van der Waals surface area contributed by atoms with Gasteiger partial charge in [-0.15, -0.1) is 0 Å². The lowest BCUT2D eigenvalue weighted by atomic mass is 10.1. The minimum absolute atomic E-state index is 0.0156. The third-order valence-electron chi connectivity index (χ3n) is 1.96. The Bertz CT molecular complexity index is 371. The number of halogens is 2. The van der Waals surface area contributed by atoms with Gasteiger partial charge in [0.05, 0.1) is 13.2 Å². The zero-order chi connectivity index (χ0) is 12.1. The number of nitrogens with zero attached hydrogens (tertiary/aromatic N) is 1. The first kappa shape index (κ1) is 12.5. The molecular weight excluding hydrogens is 220 g/mol. The molecule has 88 valence electrons. The van der Waals surface area contributed by atoms with Gasteiger partial charge in [-0.3, -0.25) is 0 Å². The lowest BCUT2D eigenvalue weighted by molar-refractivity contribution is -0.159. The van der Waals surface area contributed by atoms with E-state index < -0.39 is 18.7 Å². The normalized spacial score (nSPS) is 12.6. The Morgan fingerprint density at radius 2 is 2.19 bits per heavy atom. The second-order valence-electron chi connectivity index (χ2n) is 2.97. The van der Waals surface area contributed by atoms with Crippen molar-refractivity contribution >= 4 is 5.97 Å². The highest BCUT2D eigenvalue weighted by Gasteiger charge is 2.20. The fourth-order valence-corrected chi connectivity index (χ4v) is 1.24. The maximum Gasteiger partial charge on any atom is 0.357 e. The predicted octanol–water partition coefficient (Wildman–Crippen LogP) is 2.17. The monoisotopic (exact) mass is 231 g/mol. The number of hydrogen-bond acceptors (Lipinski definition) is 4. The minimum Gasteiger partial charge on any atom is -0.464 e. The van der Waals surface area contributed by atoms with Crippen LogP contribution in [0.2, 0.25) is 0 Å². The van der Waals surface area contributed by atoms with Crippen molar-refractivity contribution in [3.05, 3.63) is 29.6 Å². The molecule has 1 atom stereocenters. The second kappa shape index (κ2) is 5.50. The molecule has 0 aliphatic rings. The van der Waals surface area contributed by atoms with Crippen molar-refractivity contribution < 1.29 is 23.0 Å². The number of pyridine rings is 1. The number of hydrogen-bond donors (Lipinski definition) is 0. The number of ether oxygens (including phenoxy) is 2. The molecule has 0 N–H and O–H groups in total. The van der Waals surface area contributed by atoms with Gasteiger partial charge in [0.1, 0.15) is 0 Å². The van der Waals surface area contributed by atoms with Gasteiger partial charge >= 0.3 is 12.6 Å². The van der Waals surface area contributed by atoms with Crippen LogP contribution in [0, 0.1) is 0 Å². The number of methoxy groups -OCH3 is 1. The molecule has 1 aromatic heterocycles. The summed E-state index contributed by atoms with van der Waals surface area (Å²) in [7, 11) is 1.19. The van der Waals surface area contributed by atoms with Crippen molar-refractivity contribution in [2.45, 2.75) is 19.6 Å². The molecule has 0 radical (unpaired) electrons. The molecule has 0 aromatic carbocycles. The van der Waals surface area contributed by atoms with Gasteiger partial charge in [-0.25, -0.2) is 9.78 Å². The molecule has 4 nitrogen and oxygen atoms in total. The van der Waals surface area contributed by atoms with Crippen molar-refractivity contribution in [3.8, 4) is 0 Å². The van der Waals surface area contributed by atoms with Crippen LogP contribution in [0.15, 0.2) is 18.3 Å². The van der Waals surface area contributed by atoms with Crippen molar-refractivity contribution in [1.82, 2.24) is 4.98 Å². The summed E-state index contributed by atoms with van der Waals surface area (Å²) < 4.78 is 32.8. The lowest BCUT2D eigenvalue weighted by Crippen LogP contribution is -2.13. The van der Waals surface area contributed by atoms with Gasteiger partial charge in [-0.2, -0.15) is 8.78 Å². The van der Waals surface area contributed by atoms with Crippen LogP contribution in [0.3, 0.4) is 0 Å². The fourth-order valence-electron chi connectivity index (χ4n) is 1.24. The van der Waals surface area contributed by atoms with Crippen molar-refractivity contribution in [2.24, 2.45) is 0 Å². The third-order valence-corrected chi connectivity index (χ3v) is 1.96. The van der Waals surface area contributed by atoms with Gasteiger partial charge in [0.25, 0.3) is 0 Å².